The molecule has 0 aromatic heterocycles. The Morgan fingerprint density at radius 2 is 2.00 bits per heavy atom. The summed E-state index contributed by atoms with van der Waals surface area (Å²) in [5.41, 5.74) is 7.82. The van der Waals surface area contributed by atoms with Gasteiger partial charge in [-0.05, 0) is 55.6 Å². The molecule has 0 saturated carbocycles. The zero-order valence-electron chi connectivity index (χ0n) is 13.5. The number of ether oxygens (including phenoxy) is 2. The van der Waals surface area contributed by atoms with Crippen molar-refractivity contribution >= 4 is 31.9 Å². The van der Waals surface area contributed by atoms with Crippen molar-refractivity contribution in [2.24, 2.45) is 5.73 Å². The van der Waals surface area contributed by atoms with Crippen LogP contribution in [0.5, 0.6) is 17.2 Å². The number of nitrogens with zero attached hydrogens (tertiary/aromatic N) is 1. The number of fused-ring (bicyclic) bond motifs is 1. The Morgan fingerprint density at radius 3 is 2.62 bits per heavy atom. The molecule has 0 amide bonds. The maximum absolute atomic E-state index is 9.72. The van der Waals surface area contributed by atoms with Gasteiger partial charge in [-0.15, -0.1) is 0 Å². The van der Waals surface area contributed by atoms with Crippen molar-refractivity contribution < 1.29 is 14.6 Å². The second kappa shape index (κ2) is 7.44. The molecule has 1 aliphatic heterocycles. The highest BCUT2D eigenvalue weighted by molar-refractivity contribution is 9.11. The van der Waals surface area contributed by atoms with E-state index in [2.05, 4.69) is 44.5 Å². The first-order valence-electron chi connectivity index (χ1n) is 7.59. The number of phenolic OH excluding ortho intramolecular Hbond substituents is 1. The van der Waals surface area contributed by atoms with E-state index >= 15 is 0 Å². The Bertz CT molecular complexity index is 941. The first-order valence-corrected chi connectivity index (χ1v) is 9.18. The molecule has 3 rings (SSSR count). The van der Waals surface area contributed by atoms with Gasteiger partial charge in [0.25, 0.3) is 0 Å². The van der Waals surface area contributed by atoms with Crippen molar-refractivity contribution in [1.82, 2.24) is 0 Å². The smallest absolute Gasteiger partial charge is 0.205 e. The topological polar surface area (TPSA) is 88.5 Å². The minimum atomic E-state index is -0.426. The summed E-state index contributed by atoms with van der Waals surface area (Å²) in [6.45, 7) is 4.01. The molecule has 1 atom stereocenters. The zero-order chi connectivity index (χ0) is 18.8. The molecule has 2 aromatic carbocycles. The molecule has 0 aliphatic carbocycles. The van der Waals surface area contributed by atoms with Gasteiger partial charge in [-0.3, -0.25) is 0 Å². The highest BCUT2D eigenvalue weighted by atomic mass is 79.9. The summed E-state index contributed by atoms with van der Waals surface area (Å²) < 4.78 is 12.6. The molecule has 1 heterocycles. The quantitative estimate of drug-likeness (QED) is 0.623. The first-order chi connectivity index (χ1) is 12.5. The third-order valence-electron chi connectivity index (χ3n) is 3.90. The summed E-state index contributed by atoms with van der Waals surface area (Å²) in [5.74, 6) is 0.722. The number of benzene rings is 2. The van der Waals surface area contributed by atoms with Gasteiger partial charge in [0, 0.05) is 11.6 Å². The summed E-state index contributed by atoms with van der Waals surface area (Å²) in [6, 6.07) is 10.6. The number of nitriles is 1. The van der Waals surface area contributed by atoms with Crippen molar-refractivity contribution in [3.8, 4) is 23.3 Å². The average Bonchev–Trinajstić information content (AvgIpc) is 2.59. The van der Waals surface area contributed by atoms with Crippen LogP contribution in [0.1, 0.15) is 17.0 Å². The molecule has 1 aliphatic rings. The van der Waals surface area contributed by atoms with E-state index in [1.807, 2.05) is 12.1 Å². The van der Waals surface area contributed by atoms with Crippen molar-refractivity contribution in [3.05, 3.63) is 74.5 Å². The number of allylic oxidation sites excluding steroid dienone is 1. The lowest BCUT2D eigenvalue weighted by Crippen LogP contribution is -2.21. The Kier molecular flexibility index (Phi) is 5.25. The first kappa shape index (κ1) is 18.4. The van der Waals surface area contributed by atoms with Crippen LogP contribution in [0.25, 0.3) is 0 Å². The van der Waals surface area contributed by atoms with Crippen LogP contribution in [0, 0.1) is 11.3 Å². The summed E-state index contributed by atoms with van der Waals surface area (Å²) in [6.07, 6.45) is 1.66. The number of halogens is 2. The maximum atomic E-state index is 9.72. The Balaban J connectivity index is 2.16. The second-order valence-electron chi connectivity index (χ2n) is 5.56. The van der Waals surface area contributed by atoms with Crippen LogP contribution in [-0.4, -0.2) is 11.7 Å². The average molecular weight is 478 g/mol. The minimum absolute atomic E-state index is 0.0230. The highest BCUT2D eigenvalue weighted by Crippen LogP contribution is 2.46. The molecule has 7 heteroatoms. The molecule has 0 radical (unpaired) electrons. The van der Waals surface area contributed by atoms with E-state index in [0.717, 1.165) is 20.1 Å². The van der Waals surface area contributed by atoms with Crippen LogP contribution in [0.3, 0.4) is 0 Å². The van der Waals surface area contributed by atoms with E-state index in [1.165, 1.54) is 6.07 Å². The number of rotatable bonds is 4. The summed E-state index contributed by atoms with van der Waals surface area (Å²) in [5, 5.41) is 19.3. The third-order valence-corrected chi connectivity index (χ3v) is 5.08. The maximum Gasteiger partial charge on any atom is 0.205 e. The fourth-order valence-electron chi connectivity index (χ4n) is 2.81. The van der Waals surface area contributed by atoms with Crippen molar-refractivity contribution in [3.63, 3.8) is 0 Å². The van der Waals surface area contributed by atoms with Crippen LogP contribution in [0.2, 0.25) is 0 Å². The number of nitrogens with two attached hydrogens (primary N) is 1. The number of hydrogen-bond acceptors (Lipinski definition) is 5. The van der Waals surface area contributed by atoms with Crippen molar-refractivity contribution in [2.75, 3.05) is 6.61 Å². The second-order valence-corrected chi connectivity index (χ2v) is 7.27. The number of hydrogen-bond donors (Lipinski definition) is 2. The lowest BCUT2D eigenvalue weighted by Gasteiger charge is -2.27. The molecule has 0 saturated heterocycles. The van der Waals surface area contributed by atoms with E-state index in [4.69, 9.17) is 15.2 Å². The van der Waals surface area contributed by atoms with E-state index in [9.17, 15) is 10.4 Å². The molecular formula is C19H14Br2N2O3. The molecule has 0 fully saturated rings. The molecule has 3 N–H and O–H groups in total. The van der Waals surface area contributed by atoms with E-state index in [1.54, 1.807) is 18.2 Å². The Labute approximate surface area is 167 Å². The molecule has 0 unspecified atom stereocenters. The molecule has 26 heavy (non-hydrogen) atoms. The summed E-state index contributed by atoms with van der Waals surface area (Å²) in [4.78, 5) is 0. The molecule has 0 bridgehead atoms. The SMILES string of the molecule is C=CCOc1c(Br)cc([C@@H]2C(C#N)=C(N)Oc3cc(O)ccc32)cc1Br. The van der Waals surface area contributed by atoms with Gasteiger partial charge in [-0.2, -0.15) is 5.26 Å². The molecule has 5 nitrogen and oxygen atoms in total. The fourth-order valence-corrected chi connectivity index (χ4v) is 4.26. The van der Waals surface area contributed by atoms with Crippen LogP contribution < -0.4 is 15.2 Å². The van der Waals surface area contributed by atoms with E-state index in [0.29, 0.717) is 23.7 Å². The van der Waals surface area contributed by atoms with E-state index in [-0.39, 0.29) is 11.6 Å². The Morgan fingerprint density at radius 1 is 1.31 bits per heavy atom. The van der Waals surface area contributed by atoms with Gasteiger partial charge in [0.2, 0.25) is 5.88 Å². The predicted octanol–water partition coefficient (Wildman–Crippen LogP) is 4.70. The van der Waals surface area contributed by atoms with Gasteiger partial charge in [0.15, 0.2) is 0 Å². The van der Waals surface area contributed by atoms with Gasteiger partial charge in [-0.1, -0.05) is 18.7 Å². The standard InChI is InChI=1S/C19H14Br2N2O3/c1-2-5-25-18-14(20)6-10(7-15(18)21)17-12-4-3-11(24)8-16(12)26-19(23)13(17)9-22/h2-4,6-8,17,24H,1,5,23H2/t17-/m0/s1. The molecule has 2 aromatic rings. The molecule has 132 valence electrons. The van der Waals surface area contributed by atoms with Gasteiger partial charge in [-0.25, -0.2) is 0 Å². The van der Waals surface area contributed by atoms with Crippen LogP contribution in [0.4, 0.5) is 0 Å². The van der Waals surface area contributed by atoms with E-state index < -0.39 is 5.92 Å². The monoisotopic (exact) mass is 476 g/mol. The number of phenols is 1. The van der Waals surface area contributed by atoms with Crippen LogP contribution >= 0.6 is 31.9 Å². The lowest BCUT2D eigenvalue weighted by atomic mass is 9.83. The van der Waals surface area contributed by atoms with Crippen molar-refractivity contribution in [2.45, 2.75) is 5.92 Å². The minimum Gasteiger partial charge on any atom is -0.508 e. The normalized spacial score (nSPS) is 15.7. The van der Waals surface area contributed by atoms with Gasteiger partial charge < -0.3 is 20.3 Å². The zero-order valence-corrected chi connectivity index (χ0v) is 16.7. The fraction of sp³-hybridized carbons (Fsp3) is 0.105. The van der Waals surface area contributed by atoms with Crippen LogP contribution in [-0.2, 0) is 0 Å². The predicted molar refractivity (Wildman–Crippen MR) is 105 cm³/mol. The third kappa shape index (κ3) is 3.30. The van der Waals surface area contributed by atoms with Gasteiger partial charge >= 0.3 is 0 Å². The molecule has 0 spiro atoms. The highest BCUT2D eigenvalue weighted by Gasteiger charge is 2.31. The molecular weight excluding hydrogens is 464 g/mol. The largest absolute Gasteiger partial charge is 0.508 e. The summed E-state index contributed by atoms with van der Waals surface area (Å²) in [7, 11) is 0. The van der Waals surface area contributed by atoms with Gasteiger partial charge in [0.05, 0.1) is 14.9 Å². The van der Waals surface area contributed by atoms with Crippen LogP contribution in [0.15, 0.2) is 63.4 Å². The summed E-state index contributed by atoms with van der Waals surface area (Å²) >= 11 is 7.03. The number of aromatic hydroxyl groups is 1. The lowest BCUT2D eigenvalue weighted by molar-refractivity contribution is 0.358. The van der Waals surface area contributed by atoms with Crippen molar-refractivity contribution in [1.29, 1.82) is 5.26 Å². The van der Waals surface area contributed by atoms with Gasteiger partial charge in [0.1, 0.15) is 35.5 Å². The Hall–Kier alpha value is -2.43.